The molecular formula is C18H14F8N2OS. The fourth-order valence-corrected chi connectivity index (χ4v) is 3.20. The van der Waals surface area contributed by atoms with E-state index in [-0.39, 0.29) is 16.3 Å². The van der Waals surface area contributed by atoms with Crippen molar-refractivity contribution >= 4 is 23.5 Å². The number of pyridine rings is 1. The minimum Gasteiger partial charge on any atom is -0.296 e. The van der Waals surface area contributed by atoms with E-state index < -0.39 is 35.3 Å². The number of halogens is 8. The maximum Gasteiger partial charge on any atom is 0.458 e. The van der Waals surface area contributed by atoms with Crippen molar-refractivity contribution in [1.29, 1.82) is 0 Å². The number of carbonyl (C=O) groups excluding carboxylic acids is 1. The molecule has 12 heteroatoms. The van der Waals surface area contributed by atoms with Crippen LogP contribution in [0.4, 0.5) is 40.9 Å². The van der Waals surface area contributed by atoms with Gasteiger partial charge in [-0.2, -0.15) is 35.1 Å². The SMILES string of the molecule is CCSc1cc(C(F)(F)F)ccc1C(=O)N(C)c1ccc(C(F)(F)C(F)(F)F)cn1. The molecule has 0 atom stereocenters. The summed E-state index contributed by atoms with van der Waals surface area (Å²) in [6, 6.07) is 3.79. The molecule has 2 aromatic rings. The number of carbonyl (C=O) groups is 1. The molecule has 0 bridgehead atoms. The Balaban J connectivity index is 2.36. The molecule has 1 amide bonds. The third kappa shape index (κ3) is 4.85. The van der Waals surface area contributed by atoms with Crippen LogP contribution in [0.1, 0.15) is 28.4 Å². The minimum atomic E-state index is -5.82. The van der Waals surface area contributed by atoms with E-state index >= 15 is 0 Å². The Kier molecular flexibility index (Phi) is 6.69. The predicted molar refractivity (Wildman–Crippen MR) is 94.8 cm³/mol. The summed E-state index contributed by atoms with van der Waals surface area (Å²) < 4.78 is 103. The number of nitrogens with zero attached hydrogens (tertiary/aromatic N) is 2. The molecule has 0 aliphatic heterocycles. The highest BCUT2D eigenvalue weighted by atomic mass is 32.2. The molecule has 0 saturated heterocycles. The molecule has 0 spiro atoms. The van der Waals surface area contributed by atoms with E-state index in [1.54, 1.807) is 6.92 Å². The van der Waals surface area contributed by atoms with Gasteiger partial charge in [0.1, 0.15) is 5.82 Å². The van der Waals surface area contributed by atoms with Crippen molar-refractivity contribution in [3.8, 4) is 0 Å². The zero-order valence-electron chi connectivity index (χ0n) is 15.4. The number of amides is 1. The van der Waals surface area contributed by atoms with Crippen LogP contribution in [-0.2, 0) is 12.1 Å². The van der Waals surface area contributed by atoms with Gasteiger partial charge in [0.2, 0.25) is 0 Å². The van der Waals surface area contributed by atoms with Gasteiger partial charge < -0.3 is 0 Å². The number of thioether (sulfide) groups is 1. The summed E-state index contributed by atoms with van der Waals surface area (Å²) in [6.07, 6.45) is -10.1. The van der Waals surface area contributed by atoms with E-state index in [1.165, 1.54) is 7.05 Å². The van der Waals surface area contributed by atoms with Gasteiger partial charge in [0.15, 0.2) is 0 Å². The normalized spacial score (nSPS) is 12.7. The van der Waals surface area contributed by atoms with Crippen molar-refractivity contribution in [2.24, 2.45) is 0 Å². The van der Waals surface area contributed by atoms with E-state index in [9.17, 15) is 39.9 Å². The molecule has 164 valence electrons. The van der Waals surface area contributed by atoms with E-state index in [1.807, 2.05) is 0 Å². The zero-order chi connectivity index (χ0) is 22.9. The van der Waals surface area contributed by atoms with Crippen molar-refractivity contribution in [3.05, 3.63) is 53.2 Å². The second-order valence-corrected chi connectivity index (χ2v) is 7.29. The summed E-state index contributed by atoms with van der Waals surface area (Å²) in [4.78, 5) is 17.1. The average molecular weight is 458 g/mol. The predicted octanol–water partition coefficient (Wildman–Crippen LogP) is 6.14. The molecule has 0 unspecified atom stereocenters. The molecule has 30 heavy (non-hydrogen) atoms. The van der Waals surface area contributed by atoms with E-state index in [0.717, 1.165) is 40.9 Å². The van der Waals surface area contributed by atoms with Crippen molar-refractivity contribution in [2.75, 3.05) is 17.7 Å². The van der Waals surface area contributed by atoms with Crippen LogP contribution in [0.15, 0.2) is 41.4 Å². The number of hydrogen-bond acceptors (Lipinski definition) is 3. The zero-order valence-corrected chi connectivity index (χ0v) is 16.2. The van der Waals surface area contributed by atoms with E-state index in [0.29, 0.717) is 18.0 Å². The third-order valence-corrected chi connectivity index (χ3v) is 4.89. The number of hydrogen-bond donors (Lipinski definition) is 0. The summed E-state index contributed by atoms with van der Waals surface area (Å²) >= 11 is 0.990. The molecule has 2 rings (SSSR count). The highest BCUT2D eigenvalue weighted by molar-refractivity contribution is 7.99. The molecule has 1 aromatic carbocycles. The molecule has 0 fully saturated rings. The number of benzene rings is 1. The van der Waals surface area contributed by atoms with Gasteiger partial charge >= 0.3 is 18.3 Å². The van der Waals surface area contributed by atoms with Crippen molar-refractivity contribution in [1.82, 2.24) is 4.98 Å². The lowest BCUT2D eigenvalue weighted by molar-refractivity contribution is -0.289. The molecule has 1 aromatic heterocycles. The molecule has 0 saturated carbocycles. The van der Waals surface area contributed by atoms with Gasteiger partial charge in [-0.1, -0.05) is 6.92 Å². The average Bonchev–Trinajstić information content (AvgIpc) is 2.65. The van der Waals surface area contributed by atoms with Gasteiger partial charge in [-0.05, 0) is 36.1 Å². The molecule has 0 radical (unpaired) electrons. The van der Waals surface area contributed by atoms with Crippen LogP contribution in [0.3, 0.4) is 0 Å². The minimum absolute atomic E-state index is 0.0457. The maximum absolute atomic E-state index is 13.4. The first kappa shape index (κ1) is 23.9. The lowest BCUT2D eigenvalue weighted by Gasteiger charge is -2.22. The number of anilines is 1. The smallest absolute Gasteiger partial charge is 0.296 e. The maximum atomic E-state index is 13.4. The van der Waals surface area contributed by atoms with Crippen molar-refractivity contribution in [2.45, 2.75) is 30.1 Å². The second-order valence-electron chi connectivity index (χ2n) is 5.98. The van der Waals surface area contributed by atoms with Gasteiger partial charge in [-0.15, -0.1) is 11.8 Å². The van der Waals surface area contributed by atoms with Crippen LogP contribution in [0.5, 0.6) is 0 Å². The Hall–Kier alpha value is -2.37. The van der Waals surface area contributed by atoms with E-state index in [2.05, 4.69) is 4.98 Å². The van der Waals surface area contributed by atoms with Gasteiger partial charge in [0.05, 0.1) is 11.1 Å². The van der Waals surface area contributed by atoms with E-state index in [4.69, 9.17) is 0 Å². The van der Waals surface area contributed by atoms with Gasteiger partial charge in [0.25, 0.3) is 5.91 Å². The Morgan fingerprint density at radius 1 is 1.00 bits per heavy atom. The van der Waals surface area contributed by atoms with Crippen molar-refractivity contribution < 1.29 is 39.9 Å². The van der Waals surface area contributed by atoms with Gasteiger partial charge in [0, 0.05) is 23.7 Å². The van der Waals surface area contributed by atoms with Crippen LogP contribution in [0, 0.1) is 0 Å². The Morgan fingerprint density at radius 3 is 2.07 bits per heavy atom. The molecular weight excluding hydrogens is 444 g/mol. The second kappa shape index (κ2) is 8.40. The topological polar surface area (TPSA) is 33.2 Å². The molecule has 1 heterocycles. The quantitative estimate of drug-likeness (QED) is 0.399. The molecule has 0 N–H and O–H groups in total. The van der Waals surface area contributed by atoms with Crippen LogP contribution in [-0.4, -0.2) is 29.9 Å². The highest BCUT2D eigenvalue weighted by Crippen LogP contribution is 2.43. The summed E-state index contributed by atoms with van der Waals surface area (Å²) in [5.41, 5.74) is -2.45. The Bertz CT molecular complexity index is 910. The van der Waals surface area contributed by atoms with Crippen molar-refractivity contribution in [3.63, 3.8) is 0 Å². The number of alkyl halides is 8. The van der Waals surface area contributed by atoms with Crippen LogP contribution in [0.2, 0.25) is 0 Å². The Labute approximate surface area is 170 Å². The Morgan fingerprint density at radius 2 is 1.60 bits per heavy atom. The largest absolute Gasteiger partial charge is 0.458 e. The van der Waals surface area contributed by atoms with Gasteiger partial charge in [-0.3, -0.25) is 9.69 Å². The highest BCUT2D eigenvalue weighted by Gasteiger charge is 2.58. The standard InChI is InChI=1S/C18H14F8N2OS/c1-3-30-13-8-10(17(21,22)23)4-6-12(13)15(29)28(2)14-7-5-11(9-27-14)16(19,20)18(24,25)26/h4-9H,3H2,1-2H3. The summed E-state index contributed by atoms with van der Waals surface area (Å²) in [5.74, 6) is -5.82. The van der Waals surface area contributed by atoms with Crippen LogP contribution in [0.25, 0.3) is 0 Å². The third-order valence-electron chi connectivity index (χ3n) is 3.95. The first-order chi connectivity index (χ1) is 13.7. The summed E-state index contributed by atoms with van der Waals surface area (Å²) in [5, 5.41) is 0. The fraction of sp³-hybridized carbons (Fsp3) is 0.333. The van der Waals surface area contributed by atoms with Crippen LogP contribution < -0.4 is 4.90 Å². The fourth-order valence-electron chi connectivity index (χ4n) is 2.37. The van der Waals surface area contributed by atoms with Crippen LogP contribution >= 0.6 is 11.8 Å². The monoisotopic (exact) mass is 458 g/mol. The van der Waals surface area contributed by atoms with Gasteiger partial charge in [-0.25, -0.2) is 4.98 Å². The molecule has 3 nitrogen and oxygen atoms in total. The number of rotatable bonds is 5. The number of aromatic nitrogens is 1. The lowest BCUT2D eigenvalue weighted by Crippen LogP contribution is -2.34. The summed E-state index contributed by atoms with van der Waals surface area (Å²) in [6.45, 7) is 1.67. The first-order valence-corrected chi connectivity index (χ1v) is 9.22. The molecule has 0 aliphatic carbocycles. The molecule has 0 aliphatic rings. The summed E-state index contributed by atoms with van der Waals surface area (Å²) in [7, 11) is 1.17. The first-order valence-electron chi connectivity index (χ1n) is 8.23. The lowest BCUT2D eigenvalue weighted by atomic mass is 10.1.